The number of benzene rings is 1. The lowest BCUT2D eigenvalue weighted by Gasteiger charge is -2.33. The first-order chi connectivity index (χ1) is 16.9. The molecule has 2 heterocycles. The highest BCUT2D eigenvalue weighted by Gasteiger charge is 2.38. The Bertz CT molecular complexity index is 986. The molecule has 2 fully saturated rings. The number of aliphatic hydroxyl groups is 1. The summed E-state index contributed by atoms with van der Waals surface area (Å²) in [6.45, 7) is 1.28. The van der Waals surface area contributed by atoms with Gasteiger partial charge in [-0.2, -0.15) is 4.31 Å². The number of allylic oxidation sites excluding steroid dienone is 1. The van der Waals surface area contributed by atoms with Gasteiger partial charge in [-0.25, -0.2) is 8.42 Å². The van der Waals surface area contributed by atoms with Crippen molar-refractivity contribution in [3.05, 3.63) is 36.1 Å². The molecule has 3 aliphatic rings. The summed E-state index contributed by atoms with van der Waals surface area (Å²) in [7, 11) is -2.30. The van der Waals surface area contributed by atoms with Crippen molar-refractivity contribution in [3.63, 3.8) is 0 Å². The van der Waals surface area contributed by atoms with Gasteiger partial charge in [0.1, 0.15) is 5.75 Å². The van der Waals surface area contributed by atoms with E-state index in [9.17, 15) is 18.3 Å². The van der Waals surface area contributed by atoms with Crippen LogP contribution in [0, 0.1) is 11.8 Å². The van der Waals surface area contributed by atoms with E-state index < -0.39 is 16.3 Å². The number of likely N-dealkylation sites (tertiary alicyclic amines) is 1. The Kier molecular flexibility index (Phi) is 8.69. The number of nitrogens with zero attached hydrogens (tertiary/aromatic N) is 2. The Balaban J connectivity index is 1.37. The maximum Gasteiger partial charge on any atom is 0.288 e. The molecule has 4 rings (SSSR count). The molecule has 0 radical (unpaired) electrons. The van der Waals surface area contributed by atoms with E-state index in [1.54, 1.807) is 12.1 Å². The van der Waals surface area contributed by atoms with Crippen molar-refractivity contribution in [1.82, 2.24) is 9.21 Å². The van der Waals surface area contributed by atoms with Crippen molar-refractivity contribution in [3.8, 4) is 5.75 Å². The number of hydrogen-bond donors (Lipinski definition) is 1. The van der Waals surface area contributed by atoms with E-state index in [0.717, 1.165) is 45.2 Å². The van der Waals surface area contributed by atoms with Crippen LogP contribution >= 0.6 is 0 Å². The largest absolute Gasteiger partial charge is 0.497 e. The lowest BCUT2D eigenvalue weighted by atomic mass is 9.96. The van der Waals surface area contributed by atoms with Gasteiger partial charge in [-0.05, 0) is 74.3 Å². The molecule has 1 amide bonds. The molecular weight excluding hydrogens is 472 g/mol. The summed E-state index contributed by atoms with van der Waals surface area (Å²) in [6, 6.07) is 6.13. The molecule has 0 aromatic heterocycles. The highest BCUT2D eigenvalue weighted by molar-refractivity contribution is 7.89. The first kappa shape index (κ1) is 25.9. The smallest absolute Gasteiger partial charge is 0.288 e. The van der Waals surface area contributed by atoms with Crippen LogP contribution in [0.4, 0.5) is 0 Å². The van der Waals surface area contributed by atoms with E-state index in [2.05, 4.69) is 0 Å². The fourth-order valence-corrected chi connectivity index (χ4v) is 6.10. The van der Waals surface area contributed by atoms with Crippen molar-refractivity contribution in [1.29, 1.82) is 0 Å². The van der Waals surface area contributed by atoms with Crippen LogP contribution in [0.15, 0.2) is 41.0 Å². The van der Waals surface area contributed by atoms with Crippen molar-refractivity contribution in [2.75, 3.05) is 46.5 Å². The predicted molar refractivity (Wildman–Crippen MR) is 129 cm³/mol. The number of carbonyl (C=O) groups excluding carboxylic acids is 1. The van der Waals surface area contributed by atoms with Crippen LogP contribution < -0.4 is 4.74 Å². The molecule has 2 aliphatic heterocycles. The molecular formula is C25H36N2O7S. The van der Waals surface area contributed by atoms with E-state index in [4.69, 9.17) is 14.2 Å². The van der Waals surface area contributed by atoms with Crippen molar-refractivity contribution in [2.24, 2.45) is 11.8 Å². The van der Waals surface area contributed by atoms with Crippen molar-refractivity contribution in [2.45, 2.75) is 49.7 Å². The van der Waals surface area contributed by atoms with Gasteiger partial charge < -0.3 is 24.2 Å². The second-order valence-electron chi connectivity index (χ2n) is 9.34. The van der Waals surface area contributed by atoms with Crippen LogP contribution in [0.3, 0.4) is 0 Å². The van der Waals surface area contributed by atoms with Crippen LogP contribution in [0.2, 0.25) is 0 Å². The normalized spacial score (nSPS) is 23.1. The molecule has 1 aliphatic carbocycles. The lowest BCUT2D eigenvalue weighted by molar-refractivity contribution is -0.156. The molecule has 10 heteroatoms. The Morgan fingerprint density at radius 3 is 2.49 bits per heavy atom. The highest BCUT2D eigenvalue weighted by atomic mass is 32.2. The number of methoxy groups -OCH3 is 1. The van der Waals surface area contributed by atoms with Gasteiger partial charge in [0.05, 0.1) is 25.2 Å². The quantitative estimate of drug-likeness (QED) is 0.489. The highest BCUT2D eigenvalue weighted by Crippen LogP contribution is 2.43. The SMILES string of the molecule is COc1ccc(S(=O)(=O)N(CCO)CCO[C@@H]2C[C@H](C3CC3)C=C(C(=O)N3CCCCC3)O2)cc1. The minimum atomic E-state index is -3.82. The van der Waals surface area contributed by atoms with Crippen LogP contribution in [0.5, 0.6) is 5.75 Å². The zero-order chi connectivity index (χ0) is 24.8. The molecule has 1 N–H and O–H groups in total. The van der Waals surface area contributed by atoms with Crippen LogP contribution in [0.1, 0.15) is 38.5 Å². The summed E-state index contributed by atoms with van der Waals surface area (Å²) in [5, 5.41) is 9.46. The first-order valence-corrected chi connectivity index (χ1v) is 13.9. The summed E-state index contributed by atoms with van der Waals surface area (Å²) in [4.78, 5) is 15.0. The number of sulfonamides is 1. The molecule has 0 unspecified atom stereocenters. The zero-order valence-electron chi connectivity index (χ0n) is 20.3. The molecule has 2 atom stereocenters. The topological polar surface area (TPSA) is 106 Å². The number of piperidine rings is 1. The monoisotopic (exact) mass is 508 g/mol. The van der Waals surface area contributed by atoms with Gasteiger partial charge in [0.15, 0.2) is 5.76 Å². The molecule has 1 saturated heterocycles. The third kappa shape index (κ3) is 6.55. The molecule has 1 saturated carbocycles. The van der Waals surface area contributed by atoms with Crippen LogP contribution in [0.25, 0.3) is 0 Å². The van der Waals surface area contributed by atoms with Gasteiger partial charge in [-0.1, -0.05) is 0 Å². The van der Waals surface area contributed by atoms with Gasteiger partial charge in [-0.15, -0.1) is 0 Å². The lowest BCUT2D eigenvalue weighted by Crippen LogP contribution is -2.40. The van der Waals surface area contributed by atoms with Crippen LogP contribution in [-0.2, 0) is 24.3 Å². The Morgan fingerprint density at radius 2 is 1.86 bits per heavy atom. The van der Waals surface area contributed by atoms with Gasteiger partial charge in [0.2, 0.25) is 16.3 Å². The van der Waals surface area contributed by atoms with Gasteiger partial charge in [0.25, 0.3) is 5.91 Å². The average Bonchev–Trinajstić information content (AvgIpc) is 3.74. The van der Waals surface area contributed by atoms with Gasteiger partial charge in [0, 0.05) is 32.6 Å². The maximum atomic E-state index is 13.1. The summed E-state index contributed by atoms with van der Waals surface area (Å²) in [5.74, 6) is 1.62. The summed E-state index contributed by atoms with van der Waals surface area (Å²) in [6.07, 6.45) is 7.46. The molecule has 35 heavy (non-hydrogen) atoms. The Hall–Kier alpha value is -2.14. The van der Waals surface area contributed by atoms with E-state index in [1.807, 2.05) is 11.0 Å². The number of hydrogen-bond acceptors (Lipinski definition) is 7. The van der Waals surface area contributed by atoms with E-state index in [1.165, 1.54) is 23.5 Å². The first-order valence-electron chi connectivity index (χ1n) is 12.5. The molecule has 0 bridgehead atoms. The minimum absolute atomic E-state index is 0.0491. The molecule has 1 aromatic rings. The standard InChI is InChI=1S/C25H36N2O7S/c1-32-21-7-9-22(10-8-21)35(30,31)27(13-15-28)14-16-33-24-18-20(19-5-6-19)17-23(34-24)25(29)26-11-3-2-4-12-26/h7-10,17,19-20,24,28H,2-6,11-16,18H2,1H3/t20-,24+/m1/s1. The molecule has 0 spiro atoms. The zero-order valence-corrected chi connectivity index (χ0v) is 21.1. The molecule has 1 aromatic carbocycles. The third-order valence-electron chi connectivity index (χ3n) is 6.86. The fraction of sp³-hybridized carbons (Fsp3) is 0.640. The second kappa shape index (κ2) is 11.7. The number of aliphatic hydroxyl groups excluding tert-OH is 1. The van der Waals surface area contributed by atoms with E-state index >= 15 is 0 Å². The fourth-order valence-electron chi connectivity index (χ4n) is 4.69. The predicted octanol–water partition coefficient (Wildman–Crippen LogP) is 2.36. The second-order valence-corrected chi connectivity index (χ2v) is 11.3. The summed E-state index contributed by atoms with van der Waals surface area (Å²) >= 11 is 0. The Morgan fingerprint density at radius 1 is 1.14 bits per heavy atom. The van der Waals surface area contributed by atoms with Crippen LogP contribution in [-0.4, -0.2) is 81.4 Å². The van der Waals surface area contributed by atoms with Gasteiger partial charge >= 0.3 is 0 Å². The average molecular weight is 509 g/mol. The van der Waals surface area contributed by atoms with Gasteiger partial charge in [-0.3, -0.25) is 4.79 Å². The third-order valence-corrected chi connectivity index (χ3v) is 8.77. The van der Waals surface area contributed by atoms with E-state index in [0.29, 0.717) is 23.8 Å². The molecule has 9 nitrogen and oxygen atoms in total. The maximum absolute atomic E-state index is 13.1. The summed E-state index contributed by atoms with van der Waals surface area (Å²) < 4.78 is 44.4. The van der Waals surface area contributed by atoms with E-state index in [-0.39, 0.29) is 43.0 Å². The number of carbonyl (C=O) groups is 1. The number of ether oxygens (including phenoxy) is 3. The Labute approximate surface area is 207 Å². The molecule has 194 valence electrons. The summed E-state index contributed by atoms with van der Waals surface area (Å²) in [5.41, 5.74) is 0. The van der Waals surface area contributed by atoms with Crippen molar-refractivity contribution >= 4 is 15.9 Å². The minimum Gasteiger partial charge on any atom is -0.497 e. The number of amides is 1. The number of rotatable bonds is 11. The van der Waals surface area contributed by atoms with Crippen molar-refractivity contribution < 1.29 is 32.5 Å².